The number of imidazole rings is 1. The third-order valence-corrected chi connectivity index (χ3v) is 4.34. The van der Waals surface area contributed by atoms with Crippen molar-refractivity contribution < 1.29 is 9.18 Å². The van der Waals surface area contributed by atoms with Crippen LogP contribution in [0.3, 0.4) is 0 Å². The van der Waals surface area contributed by atoms with Crippen molar-refractivity contribution in [3.8, 4) is 0 Å². The number of nitrogens with one attached hydrogen (secondary N) is 1. The van der Waals surface area contributed by atoms with E-state index in [9.17, 15) is 14.0 Å². The van der Waals surface area contributed by atoms with Crippen LogP contribution < -0.4 is 11.0 Å². The van der Waals surface area contributed by atoms with Gasteiger partial charge in [-0.05, 0) is 36.2 Å². The molecular formula is C19H20FN3O2. The molecule has 6 heteroatoms. The van der Waals surface area contributed by atoms with Crippen LogP contribution in [-0.4, -0.2) is 15.0 Å². The van der Waals surface area contributed by atoms with Crippen molar-refractivity contribution in [1.82, 2.24) is 14.5 Å². The summed E-state index contributed by atoms with van der Waals surface area (Å²) in [6.07, 6.45) is 0.183. The lowest BCUT2D eigenvalue weighted by Gasteiger charge is -2.07. The van der Waals surface area contributed by atoms with E-state index in [-0.39, 0.29) is 30.4 Å². The number of carbonyl (C=O) groups excluding carboxylic acids is 1. The zero-order valence-corrected chi connectivity index (χ0v) is 14.3. The Balaban J connectivity index is 1.64. The van der Waals surface area contributed by atoms with Crippen LogP contribution in [0.25, 0.3) is 11.0 Å². The van der Waals surface area contributed by atoms with E-state index in [2.05, 4.69) is 5.32 Å². The molecule has 0 bridgehead atoms. The SMILES string of the molecule is Cc1ccc(CNC(=O)CCn2c(=O)n(C)c3ccccc32)cc1F. The number of hydrogen-bond donors (Lipinski definition) is 1. The van der Waals surface area contributed by atoms with Gasteiger partial charge in [0.2, 0.25) is 5.91 Å². The van der Waals surface area contributed by atoms with E-state index >= 15 is 0 Å². The summed E-state index contributed by atoms with van der Waals surface area (Å²) in [5.74, 6) is -0.463. The quantitative estimate of drug-likeness (QED) is 0.775. The Morgan fingerprint density at radius 1 is 1.16 bits per heavy atom. The molecule has 3 rings (SSSR count). The molecule has 130 valence electrons. The first-order valence-electron chi connectivity index (χ1n) is 8.13. The number of carbonyl (C=O) groups is 1. The topological polar surface area (TPSA) is 56.0 Å². The molecule has 0 atom stereocenters. The number of aryl methyl sites for hydroxylation is 3. The molecule has 0 fully saturated rings. The number of para-hydroxylation sites is 2. The van der Waals surface area contributed by atoms with E-state index in [1.165, 1.54) is 6.07 Å². The van der Waals surface area contributed by atoms with Crippen molar-refractivity contribution in [2.75, 3.05) is 0 Å². The van der Waals surface area contributed by atoms with Crippen LogP contribution in [0.4, 0.5) is 4.39 Å². The zero-order chi connectivity index (χ0) is 18.0. The van der Waals surface area contributed by atoms with Gasteiger partial charge in [0.1, 0.15) is 5.82 Å². The molecule has 25 heavy (non-hydrogen) atoms. The van der Waals surface area contributed by atoms with Crippen molar-refractivity contribution in [1.29, 1.82) is 0 Å². The van der Waals surface area contributed by atoms with E-state index in [4.69, 9.17) is 0 Å². The highest BCUT2D eigenvalue weighted by molar-refractivity contribution is 5.77. The monoisotopic (exact) mass is 341 g/mol. The molecule has 1 heterocycles. The number of fused-ring (bicyclic) bond motifs is 1. The molecule has 1 amide bonds. The first-order chi connectivity index (χ1) is 12.0. The molecule has 3 aromatic rings. The molecule has 0 saturated carbocycles. The average molecular weight is 341 g/mol. The first kappa shape index (κ1) is 17.0. The second kappa shape index (κ2) is 6.93. The number of rotatable bonds is 5. The molecule has 0 aliphatic carbocycles. The Bertz CT molecular complexity index is 988. The van der Waals surface area contributed by atoms with Gasteiger partial charge in [0.05, 0.1) is 11.0 Å². The Kier molecular flexibility index (Phi) is 4.70. The van der Waals surface area contributed by atoms with Gasteiger partial charge < -0.3 is 5.32 Å². The van der Waals surface area contributed by atoms with Crippen LogP contribution in [-0.2, 0) is 24.9 Å². The van der Waals surface area contributed by atoms with Gasteiger partial charge in [-0.15, -0.1) is 0 Å². The molecule has 1 aromatic heterocycles. The summed E-state index contributed by atoms with van der Waals surface area (Å²) >= 11 is 0. The van der Waals surface area contributed by atoms with Gasteiger partial charge in [0, 0.05) is 26.6 Å². The molecule has 0 saturated heterocycles. The molecule has 1 N–H and O–H groups in total. The highest BCUT2D eigenvalue weighted by Gasteiger charge is 2.11. The molecule has 0 unspecified atom stereocenters. The normalized spacial score (nSPS) is 11.0. The molecule has 0 aliphatic heterocycles. The molecule has 0 aliphatic rings. The largest absolute Gasteiger partial charge is 0.352 e. The van der Waals surface area contributed by atoms with Crippen molar-refractivity contribution in [3.05, 3.63) is 69.9 Å². The maximum absolute atomic E-state index is 13.5. The predicted octanol–water partition coefficient (Wildman–Crippen LogP) is 2.49. The molecule has 0 radical (unpaired) electrons. The fourth-order valence-electron chi connectivity index (χ4n) is 2.83. The van der Waals surface area contributed by atoms with Crippen molar-refractivity contribution in [2.45, 2.75) is 26.4 Å². The number of halogens is 1. The number of hydrogen-bond acceptors (Lipinski definition) is 2. The number of aromatic nitrogens is 2. The van der Waals surface area contributed by atoms with Crippen molar-refractivity contribution >= 4 is 16.9 Å². The zero-order valence-electron chi connectivity index (χ0n) is 14.3. The summed E-state index contributed by atoms with van der Waals surface area (Å²) < 4.78 is 16.7. The molecular weight excluding hydrogens is 321 g/mol. The van der Waals surface area contributed by atoms with Crippen LogP contribution >= 0.6 is 0 Å². The average Bonchev–Trinajstić information content (AvgIpc) is 2.85. The number of nitrogens with zero attached hydrogens (tertiary/aromatic N) is 2. The lowest BCUT2D eigenvalue weighted by molar-refractivity contribution is -0.121. The summed E-state index contributed by atoms with van der Waals surface area (Å²) in [7, 11) is 1.72. The fourth-order valence-corrected chi connectivity index (χ4v) is 2.83. The summed E-state index contributed by atoms with van der Waals surface area (Å²) in [6, 6.07) is 12.4. The van der Waals surface area contributed by atoms with E-state index in [0.29, 0.717) is 17.7 Å². The fraction of sp³-hybridized carbons (Fsp3) is 0.263. The number of amides is 1. The minimum Gasteiger partial charge on any atom is -0.352 e. The Labute approximate surface area is 144 Å². The van der Waals surface area contributed by atoms with Crippen LogP contribution in [0.1, 0.15) is 17.5 Å². The second-order valence-corrected chi connectivity index (χ2v) is 6.09. The standard InChI is InChI=1S/C19H20FN3O2/c1-13-7-8-14(11-15(13)20)12-21-18(24)9-10-23-17-6-4-3-5-16(17)22(2)19(23)25/h3-8,11H,9-10,12H2,1-2H3,(H,21,24). The van der Waals surface area contributed by atoms with Gasteiger partial charge in [-0.2, -0.15) is 0 Å². The second-order valence-electron chi connectivity index (χ2n) is 6.09. The van der Waals surface area contributed by atoms with E-state index in [0.717, 1.165) is 11.0 Å². The molecule has 5 nitrogen and oxygen atoms in total. The van der Waals surface area contributed by atoms with Gasteiger partial charge >= 0.3 is 5.69 Å². The summed E-state index contributed by atoms with van der Waals surface area (Å²) in [5, 5.41) is 2.76. The van der Waals surface area contributed by atoms with Gasteiger partial charge in [-0.1, -0.05) is 24.3 Å². The van der Waals surface area contributed by atoms with Gasteiger partial charge in [-0.25, -0.2) is 9.18 Å². The third-order valence-electron chi connectivity index (χ3n) is 4.34. The highest BCUT2D eigenvalue weighted by atomic mass is 19.1. The Hall–Kier alpha value is -2.89. The van der Waals surface area contributed by atoms with Crippen LogP contribution in [0.2, 0.25) is 0 Å². The van der Waals surface area contributed by atoms with Gasteiger partial charge in [0.15, 0.2) is 0 Å². The summed E-state index contributed by atoms with van der Waals surface area (Å²) in [6.45, 7) is 2.26. The lowest BCUT2D eigenvalue weighted by atomic mass is 10.1. The van der Waals surface area contributed by atoms with Crippen LogP contribution in [0, 0.1) is 12.7 Å². The van der Waals surface area contributed by atoms with Crippen molar-refractivity contribution in [3.63, 3.8) is 0 Å². The summed E-state index contributed by atoms with van der Waals surface area (Å²) in [4.78, 5) is 24.4. The van der Waals surface area contributed by atoms with E-state index in [1.54, 1.807) is 35.2 Å². The highest BCUT2D eigenvalue weighted by Crippen LogP contribution is 2.12. The minimum atomic E-state index is -0.283. The minimum absolute atomic E-state index is 0.144. The lowest BCUT2D eigenvalue weighted by Crippen LogP contribution is -2.27. The third kappa shape index (κ3) is 3.47. The maximum atomic E-state index is 13.5. The van der Waals surface area contributed by atoms with Crippen molar-refractivity contribution in [2.24, 2.45) is 7.05 Å². The molecule has 0 spiro atoms. The van der Waals surface area contributed by atoms with E-state index < -0.39 is 0 Å². The predicted molar refractivity (Wildman–Crippen MR) is 94.8 cm³/mol. The van der Waals surface area contributed by atoms with Gasteiger partial charge in [-0.3, -0.25) is 13.9 Å². The van der Waals surface area contributed by atoms with Gasteiger partial charge in [0.25, 0.3) is 0 Å². The first-order valence-corrected chi connectivity index (χ1v) is 8.13. The smallest absolute Gasteiger partial charge is 0.328 e. The summed E-state index contributed by atoms with van der Waals surface area (Å²) in [5.41, 5.74) is 2.78. The van der Waals surface area contributed by atoms with Crippen LogP contribution in [0.15, 0.2) is 47.3 Å². The maximum Gasteiger partial charge on any atom is 0.328 e. The molecule has 2 aromatic carbocycles. The van der Waals surface area contributed by atoms with E-state index in [1.807, 2.05) is 24.3 Å². The Morgan fingerprint density at radius 3 is 2.60 bits per heavy atom. The Morgan fingerprint density at radius 2 is 1.88 bits per heavy atom. The van der Waals surface area contributed by atoms with Crippen LogP contribution in [0.5, 0.6) is 0 Å². The number of benzene rings is 2.